The van der Waals surface area contributed by atoms with E-state index in [4.69, 9.17) is 4.74 Å². The third kappa shape index (κ3) is 6.19. The number of rotatable bonds is 8. The van der Waals surface area contributed by atoms with Crippen molar-refractivity contribution in [3.05, 3.63) is 102 Å². The van der Waals surface area contributed by atoms with Gasteiger partial charge >= 0.3 is 0 Å². The third-order valence-electron chi connectivity index (χ3n) is 5.91. The highest BCUT2D eigenvalue weighted by Gasteiger charge is 2.21. The number of hydrogen-bond donors (Lipinski definition) is 1. The molecule has 1 unspecified atom stereocenters. The fourth-order valence-corrected chi connectivity index (χ4v) is 3.89. The van der Waals surface area contributed by atoms with E-state index in [0.717, 1.165) is 49.6 Å². The van der Waals surface area contributed by atoms with E-state index in [1.807, 2.05) is 72.8 Å². The Morgan fingerprint density at radius 1 is 0.875 bits per heavy atom. The SMILES string of the molecule is CN1CCN(CC(NC(=O)c2ccc(OCc3ccccc3)cc2)c2ccccc2)CC1. The molecule has 5 heteroatoms. The lowest BCUT2D eigenvalue weighted by Crippen LogP contribution is -2.47. The van der Waals surface area contributed by atoms with Gasteiger partial charge in [-0.05, 0) is 42.4 Å². The van der Waals surface area contributed by atoms with Gasteiger partial charge in [0, 0.05) is 38.3 Å². The minimum absolute atomic E-state index is 0.0545. The summed E-state index contributed by atoms with van der Waals surface area (Å²) in [7, 11) is 2.15. The third-order valence-corrected chi connectivity index (χ3v) is 5.91. The first-order valence-corrected chi connectivity index (χ1v) is 11.2. The summed E-state index contributed by atoms with van der Waals surface area (Å²) in [6, 6.07) is 27.6. The van der Waals surface area contributed by atoms with Crippen LogP contribution in [0.25, 0.3) is 0 Å². The number of hydrogen-bond acceptors (Lipinski definition) is 4. The molecule has 1 N–H and O–H groups in total. The van der Waals surface area contributed by atoms with Gasteiger partial charge in [0.2, 0.25) is 0 Å². The smallest absolute Gasteiger partial charge is 0.251 e. The van der Waals surface area contributed by atoms with Gasteiger partial charge in [-0.2, -0.15) is 0 Å². The van der Waals surface area contributed by atoms with Crippen LogP contribution in [0.5, 0.6) is 5.75 Å². The first-order valence-electron chi connectivity index (χ1n) is 11.2. The number of ether oxygens (including phenoxy) is 1. The highest BCUT2D eigenvalue weighted by atomic mass is 16.5. The second-order valence-electron chi connectivity index (χ2n) is 8.34. The molecule has 4 rings (SSSR count). The van der Waals surface area contributed by atoms with E-state index in [2.05, 4.69) is 34.3 Å². The standard InChI is InChI=1S/C27H31N3O2/c1-29-16-18-30(19-17-29)20-26(23-10-6-3-7-11-23)28-27(31)24-12-14-25(15-13-24)32-21-22-8-4-2-5-9-22/h2-15,26H,16-21H2,1H3,(H,28,31). The first kappa shape index (κ1) is 22.1. The monoisotopic (exact) mass is 429 g/mol. The van der Waals surface area contributed by atoms with E-state index < -0.39 is 0 Å². The van der Waals surface area contributed by atoms with Gasteiger partial charge in [0.25, 0.3) is 5.91 Å². The van der Waals surface area contributed by atoms with Crippen molar-refractivity contribution in [1.29, 1.82) is 0 Å². The lowest BCUT2D eigenvalue weighted by molar-refractivity contribution is 0.0907. The Bertz CT molecular complexity index is 969. The van der Waals surface area contributed by atoms with Crippen LogP contribution in [0.3, 0.4) is 0 Å². The zero-order valence-corrected chi connectivity index (χ0v) is 18.6. The molecule has 1 fully saturated rings. The van der Waals surface area contributed by atoms with Crippen LogP contribution in [0.15, 0.2) is 84.9 Å². The maximum absolute atomic E-state index is 13.0. The number of piperazine rings is 1. The molecule has 3 aromatic rings. The van der Waals surface area contributed by atoms with Crippen LogP contribution in [-0.2, 0) is 6.61 Å². The summed E-state index contributed by atoms with van der Waals surface area (Å²) < 4.78 is 5.84. The predicted octanol–water partition coefficient (Wildman–Crippen LogP) is 3.98. The topological polar surface area (TPSA) is 44.8 Å². The van der Waals surface area contributed by atoms with Crippen molar-refractivity contribution >= 4 is 5.91 Å². The van der Waals surface area contributed by atoms with Crippen LogP contribution < -0.4 is 10.1 Å². The Hall–Kier alpha value is -3.15. The number of likely N-dealkylation sites (N-methyl/N-ethyl adjacent to an activating group) is 1. The van der Waals surface area contributed by atoms with Crippen LogP contribution in [0.4, 0.5) is 0 Å². The zero-order chi connectivity index (χ0) is 22.2. The second-order valence-corrected chi connectivity index (χ2v) is 8.34. The maximum atomic E-state index is 13.0. The highest BCUT2D eigenvalue weighted by molar-refractivity contribution is 5.94. The Morgan fingerprint density at radius 2 is 1.50 bits per heavy atom. The average Bonchev–Trinajstić information content (AvgIpc) is 2.85. The number of amides is 1. The molecule has 0 aliphatic carbocycles. The molecular formula is C27H31N3O2. The minimum Gasteiger partial charge on any atom is -0.489 e. The van der Waals surface area contributed by atoms with Gasteiger partial charge in [-0.1, -0.05) is 60.7 Å². The van der Waals surface area contributed by atoms with Crippen molar-refractivity contribution in [1.82, 2.24) is 15.1 Å². The lowest BCUT2D eigenvalue weighted by atomic mass is 10.0. The van der Waals surface area contributed by atoms with E-state index in [-0.39, 0.29) is 11.9 Å². The number of carbonyl (C=O) groups is 1. The van der Waals surface area contributed by atoms with Crippen LogP contribution in [0.2, 0.25) is 0 Å². The van der Waals surface area contributed by atoms with Crippen molar-refractivity contribution in [2.75, 3.05) is 39.8 Å². The molecule has 1 saturated heterocycles. The minimum atomic E-state index is -0.0670. The van der Waals surface area contributed by atoms with Gasteiger partial charge in [-0.25, -0.2) is 0 Å². The average molecular weight is 430 g/mol. The van der Waals surface area contributed by atoms with Gasteiger partial charge in [-0.15, -0.1) is 0 Å². The first-order chi connectivity index (χ1) is 15.7. The molecule has 1 aliphatic heterocycles. The van der Waals surface area contributed by atoms with Crippen molar-refractivity contribution < 1.29 is 9.53 Å². The van der Waals surface area contributed by atoms with E-state index in [1.54, 1.807) is 0 Å². The molecule has 1 amide bonds. The molecule has 1 atom stereocenters. The van der Waals surface area contributed by atoms with Gasteiger partial charge in [0.15, 0.2) is 0 Å². The molecule has 5 nitrogen and oxygen atoms in total. The molecule has 0 bridgehead atoms. The van der Waals surface area contributed by atoms with Crippen molar-refractivity contribution in [2.24, 2.45) is 0 Å². The largest absolute Gasteiger partial charge is 0.489 e. The fraction of sp³-hybridized carbons (Fsp3) is 0.296. The number of nitrogens with zero attached hydrogens (tertiary/aromatic N) is 2. The summed E-state index contributed by atoms with van der Waals surface area (Å²) in [5.74, 6) is 0.685. The second kappa shape index (κ2) is 10.9. The lowest BCUT2D eigenvalue weighted by Gasteiger charge is -2.35. The quantitative estimate of drug-likeness (QED) is 0.588. The molecular weight excluding hydrogens is 398 g/mol. The molecule has 1 heterocycles. The summed E-state index contributed by atoms with van der Waals surface area (Å²) in [4.78, 5) is 17.8. The molecule has 32 heavy (non-hydrogen) atoms. The van der Waals surface area contributed by atoms with Crippen LogP contribution in [0, 0.1) is 0 Å². The molecule has 1 aliphatic rings. The van der Waals surface area contributed by atoms with Crippen molar-refractivity contribution in [3.63, 3.8) is 0 Å². The Morgan fingerprint density at radius 3 is 2.16 bits per heavy atom. The van der Waals surface area contributed by atoms with Gasteiger partial charge in [0.05, 0.1) is 6.04 Å². The van der Waals surface area contributed by atoms with E-state index in [1.165, 1.54) is 0 Å². The summed E-state index contributed by atoms with van der Waals surface area (Å²) >= 11 is 0. The number of carbonyl (C=O) groups excluding carboxylic acids is 1. The zero-order valence-electron chi connectivity index (χ0n) is 18.6. The molecule has 0 saturated carbocycles. The summed E-state index contributed by atoms with van der Waals surface area (Å²) in [6.07, 6.45) is 0. The predicted molar refractivity (Wildman–Crippen MR) is 128 cm³/mol. The van der Waals surface area contributed by atoms with Gasteiger partial charge in [-0.3, -0.25) is 9.69 Å². The van der Waals surface area contributed by atoms with Crippen molar-refractivity contribution in [2.45, 2.75) is 12.6 Å². The van der Waals surface area contributed by atoms with Crippen molar-refractivity contribution in [3.8, 4) is 5.75 Å². The fourth-order valence-electron chi connectivity index (χ4n) is 3.89. The number of benzene rings is 3. The Kier molecular flexibility index (Phi) is 7.54. The van der Waals surface area contributed by atoms with E-state index in [0.29, 0.717) is 12.2 Å². The van der Waals surface area contributed by atoms with Gasteiger partial charge in [0.1, 0.15) is 12.4 Å². The number of nitrogens with one attached hydrogen (secondary N) is 1. The molecule has 0 spiro atoms. The Labute approximate surface area is 190 Å². The summed E-state index contributed by atoms with van der Waals surface area (Å²) in [5.41, 5.74) is 2.88. The molecule has 166 valence electrons. The van der Waals surface area contributed by atoms with Gasteiger partial charge < -0.3 is 15.0 Å². The van der Waals surface area contributed by atoms with E-state index in [9.17, 15) is 4.79 Å². The van der Waals surface area contributed by atoms with Crippen LogP contribution in [0.1, 0.15) is 27.5 Å². The molecule has 0 aromatic heterocycles. The normalized spacial score (nSPS) is 15.8. The Balaban J connectivity index is 1.38. The van der Waals surface area contributed by atoms with Crippen LogP contribution >= 0.6 is 0 Å². The molecule has 0 radical (unpaired) electrons. The van der Waals surface area contributed by atoms with E-state index >= 15 is 0 Å². The summed E-state index contributed by atoms with van der Waals surface area (Å²) in [5, 5.41) is 3.25. The maximum Gasteiger partial charge on any atom is 0.251 e. The highest BCUT2D eigenvalue weighted by Crippen LogP contribution is 2.18. The summed E-state index contributed by atoms with van der Waals surface area (Å²) in [6.45, 7) is 5.46. The molecule has 3 aromatic carbocycles. The van der Waals surface area contributed by atoms with Crippen LogP contribution in [-0.4, -0.2) is 55.5 Å².